The second-order valence-corrected chi connectivity index (χ2v) is 9.92. The van der Waals surface area contributed by atoms with Crippen LogP contribution in [0.5, 0.6) is 0 Å². The van der Waals surface area contributed by atoms with Crippen molar-refractivity contribution >= 4 is 18.3 Å². The number of halogens is 1. The summed E-state index contributed by atoms with van der Waals surface area (Å²) in [6, 6.07) is 14.7. The minimum Gasteiger partial charge on any atom is -0.356 e. The number of nitrogens with zero attached hydrogens (tertiary/aromatic N) is 3. The number of rotatable bonds is 9. The van der Waals surface area contributed by atoms with E-state index in [0.717, 1.165) is 37.3 Å². The number of benzene rings is 2. The van der Waals surface area contributed by atoms with E-state index in [2.05, 4.69) is 54.4 Å². The van der Waals surface area contributed by atoms with Gasteiger partial charge in [-0.15, -0.1) is 0 Å². The topological polar surface area (TPSA) is 68.5 Å². The maximum atomic E-state index is 14.4. The summed E-state index contributed by atoms with van der Waals surface area (Å²) < 4.78 is 14.4. The van der Waals surface area contributed by atoms with Gasteiger partial charge in [0.2, 0.25) is 6.41 Å². The smallest absolute Gasteiger partial charge is 0.212 e. The molecule has 0 aromatic heterocycles. The Balaban J connectivity index is 1.72. The lowest BCUT2D eigenvalue weighted by Crippen LogP contribution is -2.40. The molecule has 1 saturated heterocycles. The van der Waals surface area contributed by atoms with Crippen LogP contribution in [0.4, 0.5) is 4.39 Å². The Bertz CT molecular complexity index is 1160. The Hall–Kier alpha value is -3.46. The summed E-state index contributed by atoms with van der Waals surface area (Å²) in [4.78, 5) is 18.6. The molecule has 1 aliphatic carbocycles. The molecule has 2 aromatic carbocycles. The fourth-order valence-corrected chi connectivity index (χ4v) is 5.25. The number of carbonyl (C=O) groups is 1. The molecule has 4 rings (SSSR count). The molecule has 0 bridgehead atoms. The Morgan fingerprint density at radius 3 is 2.56 bits per heavy atom. The molecule has 2 atom stereocenters. The number of carbonyl (C=O) groups excluding carboxylic acids is 1. The van der Waals surface area contributed by atoms with Gasteiger partial charge in [0.05, 0.1) is 5.56 Å². The van der Waals surface area contributed by atoms with Crippen LogP contribution in [0.25, 0.3) is 6.08 Å². The molecular formula is C30H35FN4O. The minimum absolute atomic E-state index is 0.0419. The van der Waals surface area contributed by atoms with Crippen LogP contribution in [0.15, 0.2) is 53.3 Å². The lowest BCUT2D eigenvalue weighted by atomic mass is 9.81. The van der Waals surface area contributed by atoms with Crippen molar-refractivity contribution in [2.45, 2.75) is 58.3 Å². The molecule has 0 spiro atoms. The third-order valence-corrected chi connectivity index (χ3v) is 7.47. The molecule has 5 nitrogen and oxygen atoms in total. The van der Waals surface area contributed by atoms with Gasteiger partial charge in [0.25, 0.3) is 0 Å². The van der Waals surface area contributed by atoms with Crippen LogP contribution < -0.4 is 5.32 Å². The highest BCUT2D eigenvalue weighted by molar-refractivity contribution is 6.04. The van der Waals surface area contributed by atoms with Crippen LogP contribution in [0.2, 0.25) is 0 Å². The predicted molar refractivity (Wildman–Crippen MR) is 142 cm³/mol. The monoisotopic (exact) mass is 486 g/mol. The standard InChI is InChI=1S/C30H35FN4O/c1-3-5-27-19-35(15-14-22(27)4-2)29(16-21-6-8-23(9-7-21)24-10-11-24)34-30(33-20-36)25-12-13-26(18-32)28(31)17-25/h6-9,12-13,16-17,20,22,24,27H,3-5,10-11,14-15,19H2,1-2H3,(H,33,34,36)/b29-16+. The van der Waals surface area contributed by atoms with Crippen LogP contribution in [-0.4, -0.2) is 30.2 Å². The first-order valence-corrected chi connectivity index (χ1v) is 13.1. The molecule has 1 N–H and O–H groups in total. The second kappa shape index (κ2) is 12.0. The van der Waals surface area contributed by atoms with Crippen LogP contribution >= 0.6 is 0 Å². The van der Waals surface area contributed by atoms with Gasteiger partial charge >= 0.3 is 0 Å². The number of nitrogens with one attached hydrogen (secondary N) is 1. The zero-order valence-electron chi connectivity index (χ0n) is 21.2. The van der Waals surface area contributed by atoms with Crippen molar-refractivity contribution in [3.05, 3.63) is 76.4 Å². The van der Waals surface area contributed by atoms with E-state index in [4.69, 9.17) is 10.3 Å². The molecule has 1 amide bonds. The number of piperidine rings is 1. The van der Waals surface area contributed by atoms with E-state index in [9.17, 15) is 9.18 Å². The zero-order chi connectivity index (χ0) is 25.5. The number of amides is 1. The Labute approximate surface area is 213 Å². The molecule has 2 aromatic rings. The van der Waals surface area contributed by atoms with Crippen molar-refractivity contribution in [2.24, 2.45) is 16.8 Å². The Morgan fingerprint density at radius 1 is 1.17 bits per heavy atom. The quantitative estimate of drug-likeness (QED) is 0.260. The van der Waals surface area contributed by atoms with Gasteiger partial charge in [0, 0.05) is 18.7 Å². The van der Waals surface area contributed by atoms with Gasteiger partial charge in [0.15, 0.2) is 0 Å². The molecule has 188 valence electrons. The number of aliphatic imine (C=N–C) groups is 1. The average molecular weight is 487 g/mol. The zero-order valence-corrected chi connectivity index (χ0v) is 21.2. The van der Waals surface area contributed by atoms with E-state index < -0.39 is 5.82 Å². The Morgan fingerprint density at radius 2 is 1.94 bits per heavy atom. The number of nitriles is 1. The molecule has 0 radical (unpaired) electrons. The molecule has 6 heteroatoms. The molecule has 2 unspecified atom stereocenters. The van der Waals surface area contributed by atoms with E-state index in [-0.39, 0.29) is 11.4 Å². The van der Waals surface area contributed by atoms with Gasteiger partial charge < -0.3 is 10.2 Å². The number of hydrogen-bond donors (Lipinski definition) is 1. The highest BCUT2D eigenvalue weighted by Gasteiger charge is 2.29. The van der Waals surface area contributed by atoms with Gasteiger partial charge in [-0.1, -0.05) is 51.0 Å². The highest BCUT2D eigenvalue weighted by atomic mass is 19.1. The van der Waals surface area contributed by atoms with Crippen molar-refractivity contribution in [3.8, 4) is 6.07 Å². The van der Waals surface area contributed by atoms with Gasteiger partial charge in [-0.05, 0) is 78.8 Å². The van der Waals surface area contributed by atoms with Gasteiger partial charge in [0.1, 0.15) is 23.5 Å². The molecule has 2 aliphatic rings. The van der Waals surface area contributed by atoms with E-state index in [1.807, 2.05) is 6.07 Å². The largest absolute Gasteiger partial charge is 0.356 e. The lowest BCUT2D eigenvalue weighted by Gasteiger charge is -2.39. The summed E-state index contributed by atoms with van der Waals surface area (Å²) in [6.07, 6.45) is 9.71. The van der Waals surface area contributed by atoms with E-state index in [1.54, 1.807) is 6.07 Å². The molecular weight excluding hydrogens is 451 g/mol. The van der Waals surface area contributed by atoms with Crippen LogP contribution in [0.3, 0.4) is 0 Å². The number of likely N-dealkylation sites (tertiary alicyclic amines) is 1. The fourth-order valence-electron chi connectivity index (χ4n) is 5.25. The molecule has 2 fully saturated rings. The predicted octanol–water partition coefficient (Wildman–Crippen LogP) is 6.21. The van der Waals surface area contributed by atoms with Gasteiger partial charge in [-0.25, -0.2) is 9.38 Å². The lowest BCUT2D eigenvalue weighted by molar-refractivity contribution is -0.108. The molecule has 36 heavy (non-hydrogen) atoms. The van der Waals surface area contributed by atoms with E-state index in [0.29, 0.717) is 29.7 Å². The third kappa shape index (κ3) is 6.20. The van der Waals surface area contributed by atoms with Gasteiger partial charge in [-0.2, -0.15) is 5.26 Å². The Kier molecular flexibility index (Phi) is 8.53. The van der Waals surface area contributed by atoms with Crippen molar-refractivity contribution in [3.63, 3.8) is 0 Å². The summed E-state index contributed by atoms with van der Waals surface area (Å²) in [5, 5.41) is 11.8. The minimum atomic E-state index is -0.636. The number of amidine groups is 1. The third-order valence-electron chi connectivity index (χ3n) is 7.47. The number of hydrogen-bond acceptors (Lipinski definition) is 4. The van der Waals surface area contributed by atoms with E-state index >= 15 is 0 Å². The fraction of sp³-hybridized carbons (Fsp3) is 0.433. The first-order valence-electron chi connectivity index (χ1n) is 13.1. The van der Waals surface area contributed by atoms with Crippen molar-refractivity contribution < 1.29 is 9.18 Å². The van der Waals surface area contributed by atoms with Crippen molar-refractivity contribution in [1.82, 2.24) is 10.2 Å². The second-order valence-electron chi connectivity index (χ2n) is 9.92. The van der Waals surface area contributed by atoms with Gasteiger partial charge in [-0.3, -0.25) is 4.79 Å². The maximum absolute atomic E-state index is 14.4. The first-order chi connectivity index (χ1) is 17.6. The average Bonchev–Trinajstić information content (AvgIpc) is 3.74. The highest BCUT2D eigenvalue weighted by Crippen LogP contribution is 2.40. The molecule has 1 aliphatic heterocycles. The van der Waals surface area contributed by atoms with Crippen LogP contribution in [-0.2, 0) is 4.79 Å². The summed E-state index contributed by atoms with van der Waals surface area (Å²) >= 11 is 0. The normalized spacial score (nSPS) is 20.7. The van der Waals surface area contributed by atoms with Crippen LogP contribution in [0.1, 0.15) is 80.5 Å². The summed E-state index contributed by atoms with van der Waals surface area (Å²) in [5.41, 5.74) is 2.79. The maximum Gasteiger partial charge on any atom is 0.212 e. The van der Waals surface area contributed by atoms with Crippen molar-refractivity contribution in [2.75, 3.05) is 13.1 Å². The molecule has 1 heterocycles. The SMILES string of the molecule is CCCC1CN(/C(=C/c2ccc(C3CC3)cc2)N=C(NC=O)c2ccc(C#N)c(F)c2)CCC1CC. The first kappa shape index (κ1) is 25.6. The summed E-state index contributed by atoms with van der Waals surface area (Å²) in [7, 11) is 0. The summed E-state index contributed by atoms with van der Waals surface area (Å²) in [6.45, 7) is 6.28. The van der Waals surface area contributed by atoms with Crippen molar-refractivity contribution in [1.29, 1.82) is 5.26 Å². The summed E-state index contributed by atoms with van der Waals surface area (Å²) in [5.74, 6) is 2.35. The van der Waals surface area contributed by atoms with Crippen LogP contribution in [0, 0.1) is 29.0 Å². The van der Waals surface area contributed by atoms with E-state index in [1.165, 1.54) is 43.4 Å². The molecule has 1 saturated carbocycles.